The molecule has 3 atom stereocenters. The third-order valence-electron chi connectivity index (χ3n) is 6.09. The Labute approximate surface area is 198 Å². The molecule has 34 heavy (non-hydrogen) atoms. The van der Waals surface area contributed by atoms with Crippen LogP contribution in [0.25, 0.3) is 0 Å². The predicted molar refractivity (Wildman–Crippen MR) is 124 cm³/mol. The standard InChI is InChI=1S/C26H23NO6S/c1-31-23-17-24(28)33-25(23)26(20-13-7-3-8-14-20)27(34(29,30)21-15-9-4-10-16-21)22(18-32-26)19-11-5-2-6-12-19/h2-17,22,25H,18H2,1H3. The van der Waals surface area contributed by atoms with Gasteiger partial charge in [-0.15, -0.1) is 4.31 Å². The average molecular weight is 478 g/mol. The molecule has 8 heteroatoms. The van der Waals surface area contributed by atoms with E-state index in [1.54, 1.807) is 54.6 Å². The highest BCUT2D eigenvalue weighted by Crippen LogP contribution is 2.52. The van der Waals surface area contributed by atoms with Crippen molar-refractivity contribution in [1.29, 1.82) is 0 Å². The summed E-state index contributed by atoms with van der Waals surface area (Å²) in [5, 5.41) is 0. The van der Waals surface area contributed by atoms with E-state index in [1.165, 1.54) is 17.5 Å². The number of nitrogens with zero attached hydrogens (tertiary/aromatic N) is 1. The topological polar surface area (TPSA) is 82.1 Å². The van der Waals surface area contributed by atoms with Gasteiger partial charge in [-0.25, -0.2) is 13.2 Å². The Morgan fingerprint density at radius 1 is 0.912 bits per heavy atom. The number of rotatable bonds is 6. The second-order valence-corrected chi connectivity index (χ2v) is 9.80. The lowest BCUT2D eigenvalue weighted by Crippen LogP contribution is -2.55. The van der Waals surface area contributed by atoms with Crippen molar-refractivity contribution in [2.75, 3.05) is 13.7 Å². The van der Waals surface area contributed by atoms with Gasteiger partial charge in [-0.1, -0.05) is 78.9 Å². The number of carbonyl (C=O) groups is 1. The summed E-state index contributed by atoms with van der Waals surface area (Å²) in [6.07, 6.45) is 0.0848. The fourth-order valence-electron chi connectivity index (χ4n) is 4.60. The van der Waals surface area contributed by atoms with Crippen molar-refractivity contribution in [2.45, 2.75) is 22.8 Å². The molecule has 1 saturated heterocycles. The second-order valence-electron chi connectivity index (χ2n) is 7.98. The van der Waals surface area contributed by atoms with Gasteiger partial charge in [-0.3, -0.25) is 0 Å². The summed E-state index contributed by atoms with van der Waals surface area (Å²) in [5.74, 6) is -0.434. The molecule has 0 amide bonds. The summed E-state index contributed by atoms with van der Waals surface area (Å²) in [6.45, 7) is 0.0516. The molecule has 0 aromatic heterocycles. The Balaban J connectivity index is 1.79. The van der Waals surface area contributed by atoms with Gasteiger partial charge in [0.25, 0.3) is 0 Å². The highest BCUT2D eigenvalue weighted by Gasteiger charge is 2.63. The van der Waals surface area contributed by atoms with Crippen LogP contribution in [0.3, 0.4) is 0 Å². The van der Waals surface area contributed by atoms with Gasteiger partial charge in [-0.2, -0.15) is 0 Å². The summed E-state index contributed by atoms with van der Waals surface area (Å²) in [6, 6.07) is 25.7. The molecule has 7 nitrogen and oxygen atoms in total. The first-order valence-electron chi connectivity index (χ1n) is 10.8. The zero-order chi connectivity index (χ0) is 23.8. The van der Waals surface area contributed by atoms with Gasteiger partial charge in [0.05, 0.1) is 30.7 Å². The zero-order valence-corrected chi connectivity index (χ0v) is 19.2. The van der Waals surface area contributed by atoms with Crippen LogP contribution in [-0.2, 0) is 34.8 Å². The van der Waals surface area contributed by atoms with Crippen molar-refractivity contribution in [1.82, 2.24) is 4.31 Å². The number of ether oxygens (including phenoxy) is 3. The third-order valence-corrected chi connectivity index (χ3v) is 8.00. The molecule has 5 rings (SSSR count). The van der Waals surface area contributed by atoms with E-state index in [1.807, 2.05) is 36.4 Å². The van der Waals surface area contributed by atoms with E-state index in [0.29, 0.717) is 5.56 Å². The Morgan fingerprint density at radius 2 is 1.50 bits per heavy atom. The van der Waals surface area contributed by atoms with Gasteiger partial charge >= 0.3 is 5.97 Å². The van der Waals surface area contributed by atoms with Gasteiger partial charge in [0, 0.05) is 5.56 Å². The van der Waals surface area contributed by atoms with E-state index >= 15 is 0 Å². The maximum absolute atomic E-state index is 14.3. The van der Waals surface area contributed by atoms with Crippen LogP contribution in [0.5, 0.6) is 0 Å². The molecule has 0 aliphatic carbocycles. The lowest BCUT2D eigenvalue weighted by molar-refractivity contribution is -0.171. The maximum atomic E-state index is 14.3. The molecule has 2 aliphatic heterocycles. The number of esters is 1. The summed E-state index contributed by atoms with van der Waals surface area (Å²) in [4.78, 5) is 12.4. The zero-order valence-electron chi connectivity index (χ0n) is 18.4. The fraction of sp³-hybridized carbons (Fsp3) is 0.192. The Hall–Kier alpha value is -3.46. The molecular formula is C26H23NO6S. The van der Waals surface area contributed by atoms with E-state index < -0.39 is 33.9 Å². The highest BCUT2D eigenvalue weighted by molar-refractivity contribution is 7.89. The van der Waals surface area contributed by atoms with Gasteiger partial charge in [0.2, 0.25) is 21.9 Å². The van der Waals surface area contributed by atoms with Crippen LogP contribution in [0.1, 0.15) is 17.2 Å². The molecule has 0 bridgehead atoms. The van der Waals surface area contributed by atoms with Crippen molar-refractivity contribution in [2.24, 2.45) is 0 Å². The van der Waals surface area contributed by atoms with Crippen LogP contribution in [0, 0.1) is 0 Å². The van der Waals surface area contributed by atoms with Gasteiger partial charge in [-0.05, 0) is 17.7 Å². The molecule has 2 heterocycles. The number of carbonyl (C=O) groups excluding carboxylic acids is 1. The van der Waals surface area contributed by atoms with Gasteiger partial charge in [0.15, 0.2) is 0 Å². The first kappa shape index (κ1) is 22.3. The smallest absolute Gasteiger partial charge is 0.335 e. The monoisotopic (exact) mass is 477 g/mol. The van der Waals surface area contributed by atoms with E-state index in [2.05, 4.69) is 0 Å². The Morgan fingerprint density at radius 3 is 2.12 bits per heavy atom. The fourth-order valence-corrected chi connectivity index (χ4v) is 6.45. The van der Waals surface area contributed by atoms with E-state index in [9.17, 15) is 13.2 Å². The van der Waals surface area contributed by atoms with E-state index in [0.717, 1.165) is 5.56 Å². The lowest BCUT2D eigenvalue weighted by Gasteiger charge is -2.41. The van der Waals surface area contributed by atoms with Crippen LogP contribution in [-0.4, -0.2) is 38.5 Å². The van der Waals surface area contributed by atoms with Crippen molar-refractivity contribution in [3.8, 4) is 0 Å². The SMILES string of the molecule is COC1=CC(=O)OC1C1(c2ccccc2)OCC(c2ccccc2)N1S(=O)(=O)c1ccccc1. The lowest BCUT2D eigenvalue weighted by atomic mass is 9.95. The van der Waals surface area contributed by atoms with Crippen LogP contribution < -0.4 is 0 Å². The molecule has 1 fully saturated rings. The Bertz CT molecular complexity index is 1310. The number of benzene rings is 3. The molecule has 0 N–H and O–H groups in total. The number of hydrogen-bond donors (Lipinski definition) is 0. The number of methoxy groups -OCH3 is 1. The average Bonchev–Trinajstić information content (AvgIpc) is 3.47. The van der Waals surface area contributed by atoms with Crippen LogP contribution in [0.15, 0.2) is 108 Å². The first-order valence-corrected chi connectivity index (χ1v) is 12.2. The van der Waals surface area contributed by atoms with Gasteiger partial charge in [0.1, 0.15) is 5.76 Å². The summed E-state index contributed by atoms with van der Waals surface area (Å²) in [5.41, 5.74) is -0.410. The number of cyclic esters (lactones) is 1. The maximum Gasteiger partial charge on any atom is 0.335 e. The van der Waals surface area contributed by atoms with Crippen molar-refractivity contribution >= 4 is 16.0 Å². The second kappa shape index (κ2) is 8.72. The minimum atomic E-state index is -4.14. The molecule has 3 aromatic rings. The third kappa shape index (κ3) is 3.51. The van der Waals surface area contributed by atoms with Gasteiger partial charge < -0.3 is 14.2 Å². The van der Waals surface area contributed by atoms with E-state index in [4.69, 9.17) is 14.2 Å². The van der Waals surface area contributed by atoms with Crippen LogP contribution in [0.4, 0.5) is 0 Å². The molecule has 0 saturated carbocycles. The predicted octanol–water partition coefficient (Wildman–Crippen LogP) is 3.76. The number of sulfonamides is 1. The molecule has 3 unspecified atom stereocenters. The summed E-state index contributed by atoms with van der Waals surface area (Å²) in [7, 11) is -2.73. The van der Waals surface area contributed by atoms with Crippen molar-refractivity contribution in [3.63, 3.8) is 0 Å². The quantitative estimate of drug-likeness (QED) is 0.503. The molecule has 0 radical (unpaired) electrons. The summed E-state index contributed by atoms with van der Waals surface area (Å²) < 4.78 is 47.5. The van der Waals surface area contributed by atoms with Crippen LogP contribution >= 0.6 is 0 Å². The minimum absolute atomic E-state index is 0.0516. The van der Waals surface area contributed by atoms with E-state index in [-0.39, 0.29) is 17.3 Å². The molecule has 3 aromatic carbocycles. The van der Waals surface area contributed by atoms with Crippen molar-refractivity contribution in [3.05, 3.63) is 114 Å². The summed E-state index contributed by atoms with van der Waals surface area (Å²) >= 11 is 0. The Kier molecular flexibility index (Phi) is 5.73. The largest absolute Gasteiger partial charge is 0.497 e. The van der Waals surface area contributed by atoms with Crippen molar-refractivity contribution < 1.29 is 27.4 Å². The first-order chi connectivity index (χ1) is 16.5. The molecular weight excluding hydrogens is 454 g/mol. The number of hydrogen-bond acceptors (Lipinski definition) is 6. The highest BCUT2D eigenvalue weighted by atomic mass is 32.2. The molecule has 174 valence electrons. The normalized spacial score (nSPS) is 25.1. The van der Waals surface area contributed by atoms with Crippen LogP contribution in [0.2, 0.25) is 0 Å². The molecule has 0 spiro atoms. The molecule has 2 aliphatic rings. The minimum Gasteiger partial charge on any atom is -0.497 e.